The zero-order valence-electron chi connectivity index (χ0n) is 13.4. The first kappa shape index (κ1) is 14.9. The molecule has 1 aliphatic rings. The van der Waals surface area contributed by atoms with Crippen molar-refractivity contribution in [2.45, 2.75) is 31.8 Å². The van der Waals surface area contributed by atoms with Crippen LogP contribution in [0.3, 0.4) is 0 Å². The first-order valence-electron chi connectivity index (χ1n) is 7.72. The summed E-state index contributed by atoms with van der Waals surface area (Å²) in [5.74, 6) is 2.37. The molecule has 0 amide bonds. The Balaban J connectivity index is 1.65. The lowest BCUT2D eigenvalue weighted by Crippen LogP contribution is -2.18. The summed E-state index contributed by atoms with van der Waals surface area (Å²) in [7, 11) is 3.39. The van der Waals surface area contributed by atoms with E-state index in [1.165, 1.54) is 23.1 Å². The largest absolute Gasteiger partial charge is 0.497 e. The van der Waals surface area contributed by atoms with Crippen molar-refractivity contribution >= 4 is 0 Å². The van der Waals surface area contributed by atoms with Crippen molar-refractivity contribution in [2.24, 2.45) is 0 Å². The van der Waals surface area contributed by atoms with Crippen LogP contribution in [0.4, 0.5) is 0 Å². The van der Waals surface area contributed by atoms with Crippen molar-refractivity contribution in [2.75, 3.05) is 14.2 Å². The van der Waals surface area contributed by atoms with E-state index >= 15 is 0 Å². The molecule has 116 valence electrons. The van der Waals surface area contributed by atoms with E-state index in [4.69, 9.17) is 9.47 Å². The molecule has 1 saturated carbocycles. The van der Waals surface area contributed by atoms with Crippen LogP contribution < -0.4 is 14.8 Å². The van der Waals surface area contributed by atoms with Crippen LogP contribution in [-0.2, 0) is 6.54 Å². The van der Waals surface area contributed by atoms with Crippen LogP contribution in [0.5, 0.6) is 11.5 Å². The van der Waals surface area contributed by atoms with Gasteiger partial charge in [0.1, 0.15) is 11.5 Å². The minimum absolute atomic E-state index is 0.564. The fraction of sp³-hybridized carbons (Fsp3) is 0.368. The Morgan fingerprint density at radius 1 is 1.09 bits per heavy atom. The lowest BCUT2D eigenvalue weighted by atomic mass is 10.1. The molecule has 22 heavy (non-hydrogen) atoms. The number of benzene rings is 2. The van der Waals surface area contributed by atoms with Gasteiger partial charge in [-0.05, 0) is 30.5 Å². The highest BCUT2D eigenvalue weighted by atomic mass is 16.5. The third-order valence-corrected chi connectivity index (χ3v) is 4.42. The predicted octanol–water partition coefficient (Wildman–Crippen LogP) is 3.66. The van der Waals surface area contributed by atoms with Gasteiger partial charge in [-0.15, -0.1) is 0 Å². The summed E-state index contributed by atoms with van der Waals surface area (Å²) < 4.78 is 10.8. The quantitative estimate of drug-likeness (QED) is 0.882. The number of hydrogen-bond donors (Lipinski definition) is 1. The van der Waals surface area contributed by atoms with E-state index in [9.17, 15) is 0 Å². The summed E-state index contributed by atoms with van der Waals surface area (Å²) in [6, 6.07) is 15.3. The molecule has 0 unspecified atom stereocenters. The maximum Gasteiger partial charge on any atom is 0.127 e. The van der Waals surface area contributed by atoms with E-state index in [1.54, 1.807) is 14.2 Å². The van der Waals surface area contributed by atoms with E-state index in [0.717, 1.165) is 18.0 Å². The molecule has 3 nitrogen and oxygen atoms in total. The van der Waals surface area contributed by atoms with Gasteiger partial charge in [0, 0.05) is 30.1 Å². The number of hydrogen-bond acceptors (Lipinski definition) is 3. The summed E-state index contributed by atoms with van der Waals surface area (Å²) in [4.78, 5) is 0. The Bertz CT molecular complexity index is 639. The molecule has 0 radical (unpaired) electrons. The minimum Gasteiger partial charge on any atom is -0.497 e. The van der Waals surface area contributed by atoms with Gasteiger partial charge >= 0.3 is 0 Å². The zero-order valence-corrected chi connectivity index (χ0v) is 13.4. The standard InChI is InChI=1S/C19H23NO2/c1-13-9-15(21-2)10-19(22-3)17(13)12-20-18-11-16(18)14-7-5-4-6-8-14/h4-10,16,18,20H,11-12H2,1-3H3/t16-,18+/m0/s1. The Morgan fingerprint density at radius 2 is 1.86 bits per heavy atom. The van der Waals surface area contributed by atoms with Crippen LogP contribution in [-0.4, -0.2) is 20.3 Å². The second-order valence-corrected chi connectivity index (χ2v) is 5.87. The molecular formula is C19H23NO2. The highest BCUT2D eigenvalue weighted by Crippen LogP contribution is 2.41. The van der Waals surface area contributed by atoms with E-state index in [0.29, 0.717) is 12.0 Å². The molecule has 3 heteroatoms. The van der Waals surface area contributed by atoms with Gasteiger partial charge in [0.15, 0.2) is 0 Å². The van der Waals surface area contributed by atoms with E-state index < -0.39 is 0 Å². The molecule has 0 aliphatic heterocycles. The number of nitrogens with one attached hydrogen (secondary N) is 1. The second-order valence-electron chi connectivity index (χ2n) is 5.87. The molecule has 2 atom stereocenters. The van der Waals surface area contributed by atoms with Crippen LogP contribution in [0.2, 0.25) is 0 Å². The summed E-state index contributed by atoms with van der Waals surface area (Å²) in [6.45, 7) is 2.93. The number of aryl methyl sites for hydroxylation is 1. The molecule has 0 saturated heterocycles. The fourth-order valence-corrected chi connectivity index (χ4v) is 3.00. The van der Waals surface area contributed by atoms with Gasteiger partial charge in [-0.25, -0.2) is 0 Å². The SMILES string of the molecule is COc1cc(C)c(CN[C@@H]2C[C@H]2c2ccccc2)c(OC)c1. The highest BCUT2D eigenvalue weighted by molar-refractivity contribution is 5.46. The van der Waals surface area contributed by atoms with Crippen molar-refractivity contribution in [1.82, 2.24) is 5.32 Å². The average molecular weight is 297 g/mol. The van der Waals surface area contributed by atoms with Crippen molar-refractivity contribution in [3.8, 4) is 11.5 Å². The number of methoxy groups -OCH3 is 2. The summed E-state index contributed by atoms with van der Waals surface area (Å²) in [5, 5.41) is 3.65. The molecule has 1 N–H and O–H groups in total. The minimum atomic E-state index is 0.564. The van der Waals surface area contributed by atoms with E-state index in [2.05, 4.69) is 48.6 Å². The van der Waals surface area contributed by atoms with Crippen molar-refractivity contribution < 1.29 is 9.47 Å². The lowest BCUT2D eigenvalue weighted by molar-refractivity contribution is 0.389. The van der Waals surface area contributed by atoms with E-state index in [1.807, 2.05) is 6.07 Å². The highest BCUT2D eigenvalue weighted by Gasteiger charge is 2.37. The van der Waals surface area contributed by atoms with Gasteiger partial charge in [-0.2, -0.15) is 0 Å². The average Bonchev–Trinajstić information content (AvgIpc) is 3.33. The van der Waals surface area contributed by atoms with Crippen LogP contribution in [0, 0.1) is 6.92 Å². The van der Waals surface area contributed by atoms with Crippen LogP contribution in [0.15, 0.2) is 42.5 Å². The first-order valence-corrected chi connectivity index (χ1v) is 7.72. The molecule has 1 aliphatic carbocycles. The molecular weight excluding hydrogens is 274 g/mol. The Labute approximate surface area is 132 Å². The molecule has 0 aromatic heterocycles. The van der Waals surface area contributed by atoms with Gasteiger partial charge in [0.2, 0.25) is 0 Å². The smallest absolute Gasteiger partial charge is 0.127 e. The number of rotatable bonds is 6. The summed E-state index contributed by atoms with van der Waals surface area (Å²) in [6.07, 6.45) is 1.21. The van der Waals surface area contributed by atoms with Crippen LogP contribution >= 0.6 is 0 Å². The predicted molar refractivity (Wildman–Crippen MR) is 88.7 cm³/mol. The van der Waals surface area contributed by atoms with Gasteiger partial charge in [0.05, 0.1) is 14.2 Å². The molecule has 0 bridgehead atoms. The molecule has 2 aromatic rings. The maximum atomic E-state index is 5.51. The number of ether oxygens (including phenoxy) is 2. The van der Waals surface area contributed by atoms with Crippen LogP contribution in [0.1, 0.15) is 29.0 Å². The van der Waals surface area contributed by atoms with Crippen molar-refractivity contribution in [1.29, 1.82) is 0 Å². The van der Waals surface area contributed by atoms with Gasteiger partial charge in [-0.1, -0.05) is 30.3 Å². The molecule has 0 heterocycles. The zero-order chi connectivity index (χ0) is 15.5. The van der Waals surface area contributed by atoms with Crippen LogP contribution in [0.25, 0.3) is 0 Å². The van der Waals surface area contributed by atoms with Gasteiger partial charge in [-0.3, -0.25) is 0 Å². The van der Waals surface area contributed by atoms with Gasteiger partial charge in [0.25, 0.3) is 0 Å². The first-order chi connectivity index (χ1) is 10.7. The lowest BCUT2D eigenvalue weighted by Gasteiger charge is -2.14. The maximum absolute atomic E-state index is 5.51. The normalized spacial score (nSPS) is 19.8. The molecule has 3 rings (SSSR count). The third-order valence-electron chi connectivity index (χ3n) is 4.42. The summed E-state index contributed by atoms with van der Waals surface area (Å²) >= 11 is 0. The molecule has 2 aromatic carbocycles. The molecule has 0 spiro atoms. The summed E-state index contributed by atoms with van der Waals surface area (Å²) in [5.41, 5.74) is 3.83. The van der Waals surface area contributed by atoms with Gasteiger partial charge < -0.3 is 14.8 Å². The Hall–Kier alpha value is -2.00. The van der Waals surface area contributed by atoms with Crippen molar-refractivity contribution in [3.63, 3.8) is 0 Å². The monoisotopic (exact) mass is 297 g/mol. The third kappa shape index (κ3) is 3.09. The van der Waals surface area contributed by atoms with Crippen molar-refractivity contribution in [3.05, 3.63) is 59.2 Å². The Morgan fingerprint density at radius 3 is 2.55 bits per heavy atom. The second kappa shape index (κ2) is 6.41. The molecule has 1 fully saturated rings. The fourth-order valence-electron chi connectivity index (χ4n) is 3.00. The Kier molecular flexibility index (Phi) is 4.34. The topological polar surface area (TPSA) is 30.5 Å². The van der Waals surface area contributed by atoms with E-state index in [-0.39, 0.29) is 0 Å².